The molecule has 1 aliphatic carbocycles. The lowest BCUT2D eigenvalue weighted by atomic mass is 9.75. The molecule has 2 aliphatic rings. The van der Waals surface area contributed by atoms with Gasteiger partial charge in [0.1, 0.15) is 0 Å². The Hall–Kier alpha value is -0.790. The molecule has 1 aliphatic heterocycles. The van der Waals surface area contributed by atoms with Crippen LogP contribution in [0.2, 0.25) is 10.0 Å². The zero-order chi connectivity index (χ0) is 12.8. The van der Waals surface area contributed by atoms with Gasteiger partial charge >= 0.3 is 0 Å². The predicted octanol–water partition coefficient (Wildman–Crippen LogP) is 4.85. The molecule has 0 unspecified atom stereocenters. The monoisotopic (exact) mass is 279 g/mol. The highest BCUT2D eigenvalue weighted by atomic mass is 35.5. The summed E-state index contributed by atoms with van der Waals surface area (Å²) in [5.74, 6) is 0. The van der Waals surface area contributed by atoms with Crippen LogP contribution in [0.15, 0.2) is 28.9 Å². The largest absolute Gasteiger partial charge is 0.269 e. The minimum Gasteiger partial charge on any atom is -0.269 e. The molecule has 0 aromatic heterocycles. The van der Waals surface area contributed by atoms with Crippen molar-refractivity contribution in [1.82, 2.24) is 0 Å². The minimum atomic E-state index is 0.229. The van der Waals surface area contributed by atoms with Crippen molar-refractivity contribution in [2.45, 2.75) is 32.6 Å². The number of hydrogen-bond donors (Lipinski definition) is 0. The number of hydrogen-bond acceptors (Lipinski definition) is 1. The number of benzene rings is 1. The van der Waals surface area contributed by atoms with E-state index in [1.807, 2.05) is 24.5 Å². The van der Waals surface area contributed by atoms with Crippen LogP contribution in [0.4, 0.5) is 0 Å². The normalized spacial score (nSPS) is 20.1. The van der Waals surface area contributed by atoms with E-state index < -0.39 is 0 Å². The van der Waals surface area contributed by atoms with Crippen LogP contribution in [0.3, 0.4) is 0 Å². The molecule has 3 rings (SSSR count). The Morgan fingerprint density at radius 1 is 1.17 bits per heavy atom. The third-order valence-corrected chi connectivity index (χ3v) is 5.03. The summed E-state index contributed by atoms with van der Waals surface area (Å²) in [6.45, 7) is 2.26. The average Bonchev–Trinajstić information content (AvgIpc) is 2.97. The molecule has 1 aromatic carbocycles. The molecule has 0 amide bonds. The predicted molar refractivity (Wildman–Crippen MR) is 77.8 cm³/mol. The van der Waals surface area contributed by atoms with Gasteiger partial charge in [-0.25, -0.2) is 0 Å². The van der Waals surface area contributed by atoms with Crippen molar-refractivity contribution in [2.24, 2.45) is 10.4 Å². The van der Waals surface area contributed by atoms with Crippen LogP contribution in [-0.4, -0.2) is 6.21 Å². The molecule has 94 valence electrons. The second-order valence-electron chi connectivity index (χ2n) is 5.21. The number of allylic oxidation sites excluding steroid dienone is 1. The summed E-state index contributed by atoms with van der Waals surface area (Å²) in [6, 6.07) is 4.07. The highest BCUT2D eigenvalue weighted by molar-refractivity contribution is 6.42. The number of halogens is 2. The van der Waals surface area contributed by atoms with E-state index >= 15 is 0 Å². The highest BCUT2D eigenvalue weighted by Crippen LogP contribution is 2.48. The molecule has 0 saturated carbocycles. The Kier molecular flexibility index (Phi) is 2.99. The Morgan fingerprint density at radius 2 is 1.78 bits per heavy atom. The van der Waals surface area contributed by atoms with Crippen LogP contribution in [0.5, 0.6) is 0 Å². The summed E-state index contributed by atoms with van der Waals surface area (Å²) in [5, 5.41) is 1.33. The van der Waals surface area contributed by atoms with Gasteiger partial charge < -0.3 is 0 Å². The first kappa shape index (κ1) is 12.3. The smallest absolute Gasteiger partial charge is 0.0595 e. The Balaban J connectivity index is 1.99. The van der Waals surface area contributed by atoms with Crippen LogP contribution in [0.1, 0.15) is 30.9 Å². The highest BCUT2D eigenvalue weighted by Gasteiger charge is 2.39. The third-order valence-electron chi connectivity index (χ3n) is 4.31. The molecule has 1 nitrogen and oxygen atoms in total. The molecule has 0 saturated heterocycles. The van der Waals surface area contributed by atoms with Crippen molar-refractivity contribution < 1.29 is 0 Å². The molecule has 0 atom stereocenters. The second-order valence-corrected chi connectivity index (χ2v) is 6.03. The minimum absolute atomic E-state index is 0.229. The summed E-state index contributed by atoms with van der Waals surface area (Å²) in [5.41, 5.74) is 4.37. The molecule has 0 spiro atoms. The van der Waals surface area contributed by atoms with Crippen molar-refractivity contribution in [3.05, 3.63) is 45.1 Å². The number of rotatable bonds is 2. The van der Waals surface area contributed by atoms with Crippen molar-refractivity contribution in [3.8, 4) is 0 Å². The van der Waals surface area contributed by atoms with E-state index in [1.165, 1.54) is 16.7 Å². The summed E-state index contributed by atoms with van der Waals surface area (Å²) >= 11 is 12.2. The van der Waals surface area contributed by atoms with Crippen LogP contribution < -0.4 is 0 Å². The number of fused-ring (bicyclic) bond motifs is 1. The maximum Gasteiger partial charge on any atom is 0.0595 e. The van der Waals surface area contributed by atoms with Gasteiger partial charge in [0, 0.05) is 24.3 Å². The van der Waals surface area contributed by atoms with Gasteiger partial charge in [-0.2, -0.15) is 0 Å². The average molecular weight is 280 g/mol. The van der Waals surface area contributed by atoms with Gasteiger partial charge in [0.15, 0.2) is 0 Å². The van der Waals surface area contributed by atoms with Gasteiger partial charge in [-0.3, -0.25) is 4.99 Å². The Bertz CT molecular complexity index is 527. The van der Waals surface area contributed by atoms with Crippen LogP contribution in [0, 0.1) is 5.41 Å². The summed E-state index contributed by atoms with van der Waals surface area (Å²) < 4.78 is 0. The first-order chi connectivity index (χ1) is 8.64. The number of aliphatic imine (C=N–C) groups is 1. The summed E-state index contributed by atoms with van der Waals surface area (Å²) in [4.78, 5) is 4.26. The molecular formula is C15H15Cl2N. The van der Waals surface area contributed by atoms with E-state index in [-0.39, 0.29) is 5.41 Å². The fourth-order valence-electron chi connectivity index (χ4n) is 3.15. The van der Waals surface area contributed by atoms with E-state index in [4.69, 9.17) is 23.2 Å². The maximum atomic E-state index is 6.12. The van der Waals surface area contributed by atoms with E-state index in [1.54, 1.807) is 0 Å². The molecular weight excluding hydrogens is 265 g/mol. The number of nitrogens with zero attached hydrogens (tertiary/aromatic N) is 1. The van der Waals surface area contributed by atoms with Gasteiger partial charge in [-0.05, 0) is 48.1 Å². The third kappa shape index (κ3) is 1.81. The molecule has 1 aromatic rings. The summed E-state index contributed by atoms with van der Waals surface area (Å²) in [6.07, 6.45) is 8.28. The maximum absolute atomic E-state index is 6.12. The quantitative estimate of drug-likeness (QED) is 0.734. The van der Waals surface area contributed by atoms with Gasteiger partial charge in [-0.15, -0.1) is 0 Å². The lowest BCUT2D eigenvalue weighted by Gasteiger charge is -2.28. The SMILES string of the molecule is CCC1(C2=CN=CC2)Cc2cc(Cl)c(Cl)cc2C1. The zero-order valence-electron chi connectivity index (χ0n) is 10.3. The fraction of sp³-hybridized carbons (Fsp3) is 0.400. The molecule has 0 N–H and O–H groups in total. The molecule has 3 heteroatoms. The Labute approximate surface area is 118 Å². The van der Waals surface area contributed by atoms with Gasteiger partial charge in [-0.1, -0.05) is 30.1 Å². The van der Waals surface area contributed by atoms with Gasteiger partial charge in [0.05, 0.1) is 10.0 Å². The van der Waals surface area contributed by atoms with E-state index in [0.717, 1.165) is 25.7 Å². The van der Waals surface area contributed by atoms with E-state index in [0.29, 0.717) is 10.0 Å². The first-order valence-electron chi connectivity index (χ1n) is 6.32. The summed E-state index contributed by atoms with van der Waals surface area (Å²) in [7, 11) is 0. The van der Waals surface area contributed by atoms with Gasteiger partial charge in [0.2, 0.25) is 0 Å². The van der Waals surface area contributed by atoms with Crippen LogP contribution >= 0.6 is 23.2 Å². The van der Waals surface area contributed by atoms with Gasteiger partial charge in [0.25, 0.3) is 0 Å². The molecule has 0 fully saturated rings. The van der Waals surface area contributed by atoms with E-state index in [9.17, 15) is 0 Å². The van der Waals surface area contributed by atoms with Crippen LogP contribution in [0.25, 0.3) is 0 Å². The lowest BCUT2D eigenvalue weighted by molar-refractivity contribution is 0.359. The topological polar surface area (TPSA) is 12.4 Å². The molecule has 1 heterocycles. The lowest BCUT2D eigenvalue weighted by Crippen LogP contribution is -2.22. The molecule has 18 heavy (non-hydrogen) atoms. The molecule has 0 bridgehead atoms. The van der Waals surface area contributed by atoms with Crippen LogP contribution in [-0.2, 0) is 12.8 Å². The second kappa shape index (κ2) is 4.40. The zero-order valence-corrected chi connectivity index (χ0v) is 11.9. The molecule has 0 radical (unpaired) electrons. The Morgan fingerprint density at radius 3 is 2.22 bits per heavy atom. The van der Waals surface area contributed by atoms with Crippen molar-refractivity contribution in [2.75, 3.05) is 0 Å². The van der Waals surface area contributed by atoms with E-state index in [2.05, 4.69) is 11.9 Å². The first-order valence-corrected chi connectivity index (χ1v) is 7.08. The van der Waals surface area contributed by atoms with Crippen molar-refractivity contribution in [3.63, 3.8) is 0 Å². The standard InChI is InChI=1S/C15H15Cl2N/c1-2-15(12-3-4-18-9-12)7-10-5-13(16)14(17)6-11(10)8-15/h4-6,9H,2-3,7-8H2,1H3. The van der Waals surface area contributed by atoms with Crippen molar-refractivity contribution in [1.29, 1.82) is 0 Å². The fourth-order valence-corrected chi connectivity index (χ4v) is 3.53. The van der Waals surface area contributed by atoms with Crippen molar-refractivity contribution >= 4 is 29.4 Å².